The number of amides is 1. The number of carbonyl (C=O) groups is 1. The molecule has 3 heterocycles. The zero-order valence-corrected chi connectivity index (χ0v) is 19.8. The molecule has 2 aliphatic rings. The molecule has 5 rings (SSSR count). The lowest BCUT2D eigenvalue weighted by Gasteiger charge is -2.29. The molecule has 0 atom stereocenters. The quantitative estimate of drug-likeness (QED) is 0.374. The van der Waals surface area contributed by atoms with Gasteiger partial charge in [0.15, 0.2) is 0 Å². The first-order valence-electron chi connectivity index (χ1n) is 11.0. The van der Waals surface area contributed by atoms with Gasteiger partial charge in [0.25, 0.3) is 11.5 Å². The van der Waals surface area contributed by atoms with Gasteiger partial charge in [-0.15, -0.1) is 0 Å². The Hall–Kier alpha value is -2.97. The summed E-state index contributed by atoms with van der Waals surface area (Å²) in [6, 6.07) is 13.0. The van der Waals surface area contributed by atoms with Crippen LogP contribution in [0, 0.1) is 6.92 Å². The van der Waals surface area contributed by atoms with E-state index in [2.05, 4.69) is 4.98 Å². The van der Waals surface area contributed by atoms with E-state index in [1.54, 1.807) is 29.3 Å². The lowest BCUT2D eigenvalue weighted by molar-refractivity contribution is -0.124. The fraction of sp³-hybridized carbons (Fsp3) is 0.280. The number of rotatable bonds is 4. The second-order valence-electron chi connectivity index (χ2n) is 8.28. The highest BCUT2D eigenvalue weighted by atomic mass is 32.2. The van der Waals surface area contributed by atoms with E-state index in [1.165, 1.54) is 22.6 Å². The Bertz CT molecular complexity index is 1340. The number of aryl methyl sites for hydroxylation is 1. The molecule has 6 nitrogen and oxygen atoms in total. The Balaban J connectivity index is 1.59. The van der Waals surface area contributed by atoms with Gasteiger partial charge in [-0.25, -0.2) is 0 Å². The summed E-state index contributed by atoms with van der Waals surface area (Å²) in [5.41, 5.74) is 1.32. The molecule has 0 unspecified atom stereocenters. The van der Waals surface area contributed by atoms with E-state index in [0.717, 1.165) is 31.2 Å². The molecule has 33 heavy (non-hydrogen) atoms. The molecule has 1 amide bonds. The van der Waals surface area contributed by atoms with Crippen molar-refractivity contribution in [2.24, 2.45) is 0 Å². The molecule has 3 aromatic rings. The number of nitrogens with zero attached hydrogens (tertiary/aromatic N) is 3. The third kappa shape index (κ3) is 4.20. The van der Waals surface area contributed by atoms with Crippen molar-refractivity contribution in [3.8, 4) is 11.6 Å². The Morgan fingerprint density at radius 2 is 1.85 bits per heavy atom. The summed E-state index contributed by atoms with van der Waals surface area (Å²) in [5, 5.41) is 0. The van der Waals surface area contributed by atoms with Crippen LogP contribution in [0.5, 0.6) is 11.6 Å². The Labute approximate surface area is 201 Å². The van der Waals surface area contributed by atoms with Gasteiger partial charge in [0.05, 0.1) is 4.91 Å². The third-order valence-electron chi connectivity index (χ3n) is 6.07. The predicted octanol–water partition coefficient (Wildman–Crippen LogP) is 5.33. The summed E-state index contributed by atoms with van der Waals surface area (Å²) in [6.45, 7) is 1.93. The van der Waals surface area contributed by atoms with Gasteiger partial charge in [-0.1, -0.05) is 67.5 Å². The van der Waals surface area contributed by atoms with Crippen molar-refractivity contribution in [2.75, 3.05) is 0 Å². The zero-order valence-electron chi connectivity index (χ0n) is 18.2. The molecule has 0 radical (unpaired) electrons. The van der Waals surface area contributed by atoms with Crippen LogP contribution in [0.25, 0.3) is 11.7 Å². The van der Waals surface area contributed by atoms with Crippen LogP contribution in [0.3, 0.4) is 0 Å². The smallest absolute Gasteiger partial charge is 0.269 e. The van der Waals surface area contributed by atoms with Gasteiger partial charge in [-0.2, -0.15) is 4.98 Å². The van der Waals surface area contributed by atoms with E-state index in [0.29, 0.717) is 20.6 Å². The number of pyridine rings is 1. The molecule has 0 spiro atoms. The first kappa shape index (κ1) is 21.9. The lowest BCUT2D eigenvalue weighted by atomic mass is 9.94. The van der Waals surface area contributed by atoms with E-state index in [4.69, 9.17) is 17.0 Å². The maximum Gasteiger partial charge on any atom is 0.269 e. The molecular formula is C25H23N3O3S2. The highest BCUT2D eigenvalue weighted by Crippen LogP contribution is 2.38. The summed E-state index contributed by atoms with van der Waals surface area (Å²) in [6.07, 6.45) is 8.57. The largest absolute Gasteiger partial charge is 0.438 e. The second kappa shape index (κ2) is 9.11. The van der Waals surface area contributed by atoms with Gasteiger partial charge in [0, 0.05) is 12.2 Å². The summed E-state index contributed by atoms with van der Waals surface area (Å²) < 4.78 is 8.11. The van der Waals surface area contributed by atoms with E-state index >= 15 is 0 Å². The van der Waals surface area contributed by atoms with Gasteiger partial charge in [0.2, 0.25) is 5.88 Å². The molecule has 1 saturated carbocycles. The van der Waals surface area contributed by atoms with Crippen molar-refractivity contribution in [2.45, 2.75) is 45.1 Å². The number of thiocarbonyl (C=S) groups is 1. The predicted molar refractivity (Wildman–Crippen MR) is 135 cm³/mol. The normalized spacial score (nSPS) is 18.5. The van der Waals surface area contributed by atoms with Crippen LogP contribution < -0.4 is 10.3 Å². The van der Waals surface area contributed by atoms with Gasteiger partial charge >= 0.3 is 0 Å². The van der Waals surface area contributed by atoms with Crippen LogP contribution in [0.4, 0.5) is 0 Å². The van der Waals surface area contributed by atoms with E-state index in [9.17, 15) is 9.59 Å². The average molecular weight is 478 g/mol. The Morgan fingerprint density at radius 1 is 1.09 bits per heavy atom. The number of benzene rings is 1. The molecular weight excluding hydrogens is 454 g/mol. The number of thioether (sulfide) groups is 1. The first-order chi connectivity index (χ1) is 16.0. The maximum absolute atomic E-state index is 13.4. The van der Waals surface area contributed by atoms with Crippen LogP contribution in [-0.4, -0.2) is 30.6 Å². The molecule has 2 fully saturated rings. The van der Waals surface area contributed by atoms with Crippen molar-refractivity contribution in [3.05, 3.63) is 75.0 Å². The van der Waals surface area contributed by atoms with Gasteiger partial charge < -0.3 is 4.74 Å². The van der Waals surface area contributed by atoms with Crippen LogP contribution >= 0.6 is 24.0 Å². The second-order valence-corrected chi connectivity index (χ2v) is 9.95. The molecule has 2 aromatic heterocycles. The minimum Gasteiger partial charge on any atom is -0.438 e. The number of fused-ring (bicyclic) bond motifs is 1. The van der Waals surface area contributed by atoms with Crippen molar-refractivity contribution in [1.29, 1.82) is 0 Å². The lowest BCUT2D eigenvalue weighted by Crippen LogP contribution is -2.39. The number of hydrogen-bond donors (Lipinski definition) is 0. The monoisotopic (exact) mass is 477 g/mol. The molecule has 1 aliphatic carbocycles. The molecule has 0 N–H and O–H groups in total. The van der Waals surface area contributed by atoms with Gasteiger partial charge in [-0.3, -0.25) is 18.9 Å². The minimum absolute atomic E-state index is 0.135. The molecule has 8 heteroatoms. The average Bonchev–Trinajstić information content (AvgIpc) is 3.11. The summed E-state index contributed by atoms with van der Waals surface area (Å²) in [5.74, 6) is 0.633. The van der Waals surface area contributed by atoms with Crippen molar-refractivity contribution in [3.63, 3.8) is 0 Å². The van der Waals surface area contributed by atoms with Crippen LogP contribution in [0.2, 0.25) is 0 Å². The number of hydrogen-bond acceptors (Lipinski definition) is 6. The zero-order chi connectivity index (χ0) is 22.9. The number of ether oxygens (including phenoxy) is 1. The minimum atomic E-state index is -0.299. The molecule has 1 aliphatic heterocycles. The molecule has 1 aromatic carbocycles. The summed E-state index contributed by atoms with van der Waals surface area (Å²) >= 11 is 6.79. The van der Waals surface area contributed by atoms with E-state index < -0.39 is 0 Å². The van der Waals surface area contributed by atoms with Crippen LogP contribution in [0.15, 0.2) is 58.4 Å². The van der Waals surface area contributed by atoms with Crippen LogP contribution in [-0.2, 0) is 4.79 Å². The number of para-hydroxylation sites is 1. The highest BCUT2D eigenvalue weighted by molar-refractivity contribution is 8.26. The fourth-order valence-electron chi connectivity index (χ4n) is 4.32. The summed E-state index contributed by atoms with van der Waals surface area (Å²) in [7, 11) is 0. The first-order valence-corrected chi connectivity index (χ1v) is 12.3. The Kier molecular flexibility index (Phi) is 6.03. The molecule has 1 saturated heterocycles. The van der Waals surface area contributed by atoms with E-state index in [-0.39, 0.29) is 29.0 Å². The van der Waals surface area contributed by atoms with Crippen molar-refractivity contribution < 1.29 is 9.53 Å². The standard InChI is InChI=1S/C25H23N3O3S2/c1-16-9-5-6-12-19(16)31-22-18(23(29)27-14-8-7-13-21(27)26-22)15-20-24(30)28(25(32)33-20)17-10-3-2-4-11-17/h5-9,12-15,17H,2-4,10-11H2,1H3/b20-15+. The Morgan fingerprint density at radius 3 is 2.64 bits per heavy atom. The van der Waals surface area contributed by atoms with Gasteiger partial charge in [0.1, 0.15) is 21.3 Å². The highest BCUT2D eigenvalue weighted by Gasteiger charge is 2.37. The van der Waals surface area contributed by atoms with E-state index in [1.807, 2.05) is 37.3 Å². The van der Waals surface area contributed by atoms with Crippen LogP contribution in [0.1, 0.15) is 43.2 Å². The summed E-state index contributed by atoms with van der Waals surface area (Å²) in [4.78, 5) is 33.5. The van der Waals surface area contributed by atoms with Gasteiger partial charge in [-0.05, 0) is 49.6 Å². The molecule has 0 bridgehead atoms. The SMILES string of the molecule is Cc1ccccc1Oc1nc2ccccn2c(=O)c1/C=C1/SC(=S)N(C2CCCCC2)C1=O. The third-order valence-corrected chi connectivity index (χ3v) is 7.40. The fourth-order valence-corrected chi connectivity index (χ4v) is 5.71. The molecule has 168 valence electrons. The van der Waals surface area contributed by atoms with Crippen molar-refractivity contribution >= 4 is 45.9 Å². The maximum atomic E-state index is 13.4. The number of aromatic nitrogens is 2. The topological polar surface area (TPSA) is 63.9 Å². The number of carbonyl (C=O) groups excluding carboxylic acids is 1. The van der Waals surface area contributed by atoms with Crippen molar-refractivity contribution in [1.82, 2.24) is 14.3 Å².